The molecule has 14 heavy (non-hydrogen) atoms. The van der Waals surface area contributed by atoms with Crippen molar-refractivity contribution in [1.29, 1.82) is 0 Å². The van der Waals surface area contributed by atoms with Crippen molar-refractivity contribution in [2.75, 3.05) is 6.61 Å². The summed E-state index contributed by atoms with van der Waals surface area (Å²) in [5.41, 5.74) is 0.995. The molecule has 1 aromatic rings. The van der Waals surface area contributed by atoms with Gasteiger partial charge in [0.1, 0.15) is 4.99 Å². The lowest BCUT2D eigenvalue weighted by Crippen LogP contribution is -2.36. The van der Waals surface area contributed by atoms with Gasteiger partial charge in [0, 0.05) is 11.6 Å². The summed E-state index contributed by atoms with van der Waals surface area (Å²) in [6.07, 6.45) is 0.865. The average Bonchev–Trinajstić information content (AvgIpc) is 2.26. The van der Waals surface area contributed by atoms with Gasteiger partial charge >= 0.3 is 0 Å². The minimum atomic E-state index is 0.0581. The molecule has 0 saturated carbocycles. The van der Waals surface area contributed by atoms with E-state index in [4.69, 9.17) is 17.3 Å². The van der Waals surface area contributed by atoms with Crippen LogP contribution in [0.1, 0.15) is 18.9 Å². The maximum absolute atomic E-state index is 9.00. The highest BCUT2D eigenvalue weighted by Crippen LogP contribution is 2.01. The molecule has 1 unspecified atom stereocenters. The molecule has 0 radical (unpaired) electrons. The summed E-state index contributed by atoms with van der Waals surface area (Å²) >= 11 is 5.21. The van der Waals surface area contributed by atoms with E-state index in [0.717, 1.165) is 12.0 Å². The van der Waals surface area contributed by atoms with Crippen LogP contribution in [-0.2, 0) is 0 Å². The summed E-state index contributed by atoms with van der Waals surface area (Å²) in [6.45, 7) is 2.13. The van der Waals surface area contributed by atoms with Crippen LogP contribution in [0.15, 0.2) is 30.3 Å². The molecule has 0 heterocycles. The fourth-order valence-electron chi connectivity index (χ4n) is 1.14. The van der Waals surface area contributed by atoms with E-state index in [2.05, 4.69) is 5.32 Å². The van der Waals surface area contributed by atoms with Crippen molar-refractivity contribution in [3.8, 4) is 0 Å². The highest BCUT2D eigenvalue weighted by Gasteiger charge is 2.06. The third-order valence-electron chi connectivity index (χ3n) is 2.08. The van der Waals surface area contributed by atoms with Gasteiger partial charge in [-0.15, -0.1) is 0 Å². The molecule has 3 heteroatoms. The molecule has 0 saturated heterocycles. The molecule has 0 aliphatic rings. The Hall–Kier alpha value is -0.930. The first-order valence-electron chi connectivity index (χ1n) is 4.74. The number of rotatable bonds is 4. The number of aliphatic hydroxyl groups excluding tert-OH is 1. The molecule has 76 valence electrons. The number of hydrogen-bond acceptors (Lipinski definition) is 2. The maximum Gasteiger partial charge on any atom is 0.106 e. The molecule has 0 aliphatic heterocycles. The molecular formula is C11H15NOS. The van der Waals surface area contributed by atoms with E-state index in [9.17, 15) is 0 Å². The van der Waals surface area contributed by atoms with Gasteiger partial charge in [-0.3, -0.25) is 0 Å². The summed E-state index contributed by atoms with van der Waals surface area (Å²) in [7, 11) is 0. The summed E-state index contributed by atoms with van der Waals surface area (Å²) < 4.78 is 0. The van der Waals surface area contributed by atoms with E-state index in [1.54, 1.807) is 0 Å². The SMILES string of the molecule is CCC(CO)NC(=S)c1ccccc1. The topological polar surface area (TPSA) is 32.3 Å². The van der Waals surface area contributed by atoms with Gasteiger partial charge in [-0.1, -0.05) is 49.5 Å². The molecule has 0 fully saturated rings. The van der Waals surface area contributed by atoms with Gasteiger partial charge in [0.15, 0.2) is 0 Å². The van der Waals surface area contributed by atoms with Crippen molar-refractivity contribution in [1.82, 2.24) is 5.32 Å². The van der Waals surface area contributed by atoms with Gasteiger partial charge in [-0.2, -0.15) is 0 Å². The van der Waals surface area contributed by atoms with Crippen molar-refractivity contribution in [2.24, 2.45) is 0 Å². The zero-order valence-corrected chi connectivity index (χ0v) is 9.05. The molecule has 0 spiro atoms. The molecular weight excluding hydrogens is 194 g/mol. The van der Waals surface area contributed by atoms with Gasteiger partial charge in [0.25, 0.3) is 0 Å². The molecule has 2 nitrogen and oxygen atoms in total. The average molecular weight is 209 g/mol. The Balaban J connectivity index is 2.59. The highest BCUT2D eigenvalue weighted by atomic mass is 32.1. The maximum atomic E-state index is 9.00. The first-order valence-corrected chi connectivity index (χ1v) is 5.15. The second-order valence-corrected chi connectivity index (χ2v) is 3.54. The van der Waals surface area contributed by atoms with Gasteiger partial charge in [0.2, 0.25) is 0 Å². The fraction of sp³-hybridized carbons (Fsp3) is 0.364. The van der Waals surface area contributed by atoms with Crippen LogP contribution in [0.25, 0.3) is 0 Å². The van der Waals surface area contributed by atoms with Crippen LogP contribution in [0.2, 0.25) is 0 Å². The minimum Gasteiger partial charge on any atom is -0.394 e. The Morgan fingerprint density at radius 1 is 1.43 bits per heavy atom. The summed E-state index contributed by atoms with van der Waals surface area (Å²) in [5, 5.41) is 12.1. The lowest BCUT2D eigenvalue weighted by molar-refractivity contribution is 0.253. The Kier molecular flexibility index (Phi) is 4.56. The highest BCUT2D eigenvalue weighted by molar-refractivity contribution is 7.80. The van der Waals surface area contributed by atoms with Crippen molar-refractivity contribution < 1.29 is 5.11 Å². The zero-order valence-electron chi connectivity index (χ0n) is 8.23. The van der Waals surface area contributed by atoms with Crippen LogP contribution < -0.4 is 5.32 Å². The molecule has 0 aromatic heterocycles. The second kappa shape index (κ2) is 5.73. The Morgan fingerprint density at radius 2 is 2.07 bits per heavy atom. The Labute approximate surface area is 90.0 Å². The molecule has 0 amide bonds. The smallest absolute Gasteiger partial charge is 0.106 e. The molecule has 1 aromatic carbocycles. The minimum absolute atomic E-state index is 0.0581. The van der Waals surface area contributed by atoms with Crippen LogP contribution >= 0.6 is 12.2 Å². The van der Waals surface area contributed by atoms with Gasteiger partial charge in [0.05, 0.1) is 6.61 Å². The van der Waals surface area contributed by atoms with E-state index >= 15 is 0 Å². The number of aliphatic hydroxyl groups is 1. The van der Waals surface area contributed by atoms with E-state index in [-0.39, 0.29) is 12.6 Å². The summed E-state index contributed by atoms with van der Waals surface area (Å²) in [6, 6.07) is 9.82. The quantitative estimate of drug-likeness (QED) is 0.741. The third kappa shape index (κ3) is 3.09. The number of benzene rings is 1. The zero-order chi connectivity index (χ0) is 10.4. The summed E-state index contributed by atoms with van der Waals surface area (Å²) in [5.74, 6) is 0. The predicted molar refractivity (Wildman–Crippen MR) is 62.4 cm³/mol. The normalized spacial score (nSPS) is 12.1. The molecule has 2 N–H and O–H groups in total. The van der Waals surface area contributed by atoms with Crippen molar-refractivity contribution in [2.45, 2.75) is 19.4 Å². The standard InChI is InChI=1S/C11H15NOS/c1-2-10(8-13)12-11(14)9-6-4-3-5-7-9/h3-7,10,13H,2,8H2,1H3,(H,12,14). The van der Waals surface area contributed by atoms with E-state index < -0.39 is 0 Å². The van der Waals surface area contributed by atoms with Gasteiger partial charge in [-0.25, -0.2) is 0 Å². The molecule has 0 aliphatic carbocycles. The van der Waals surface area contributed by atoms with E-state index in [1.165, 1.54) is 0 Å². The van der Waals surface area contributed by atoms with E-state index in [0.29, 0.717) is 4.99 Å². The Morgan fingerprint density at radius 3 is 2.57 bits per heavy atom. The fourth-order valence-corrected chi connectivity index (χ4v) is 1.44. The number of thiocarbonyl (C=S) groups is 1. The number of nitrogens with one attached hydrogen (secondary N) is 1. The molecule has 0 bridgehead atoms. The summed E-state index contributed by atoms with van der Waals surface area (Å²) in [4.78, 5) is 0.700. The van der Waals surface area contributed by atoms with Crippen molar-refractivity contribution in [3.63, 3.8) is 0 Å². The van der Waals surface area contributed by atoms with Crippen LogP contribution in [0.4, 0.5) is 0 Å². The largest absolute Gasteiger partial charge is 0.394 e. The van der Waals surface area contributed by atoms with Crippen LogP contribution in [0.3, 0.4) is 0 Å². The first-order chi connectivity index (χ1) is 6.77. The van der Waals surface area contributed by atoms with Crippen LogP contribution in [0.5, 0.6) is 0 Å². The second-order valence-electron chi connectivity index (χ2n) is 3.13. The van der Waals surface area contributed by atoms with Crippen LogP contribution in [0, 0.1) is 0 Å². The van der Waals surface area contributed by atoms with Crippen molar-refractivity contribution in [3.05, 3.63) is 35.9 Å². The Bertz CT molecular complexity index is 283. The van der Waals surface area contributed by atoms with Crippen LogP contribution in [-0.4, -0.2) is 22.7 Å². The van der Waals surface area contributed by atoms with Gasteiger partial charge < -0.3 is 10.4 Å². The molecule has 1 atom stereocenters. The first kappa shape index (κ1) is 11.1. The predicted octanol–water partition coefficient (Wildman–Crippen LogP) is 1.72. The molecule has 1 rings (SSSR count). The lowest BCUT2D eigenvalue weighted by Gasteiger charge is -2.15. The van der Waals surface area contributed by atoms with Gasteiger partial charge in [-0.05, 0) is 6.42 Å². The van der Waals surface area contributed by atoms with E-state index in [1.807, 2.05) is 37.3 Å². The lowest BCUT2D eigenvalue weighted by atomic mass is 10.2. The van der Waals surface area contributed by atoms with Crippen molar-refractivity contribution >= 4 is 17.2 Å². The monoisotopic (exact) mass is 209 g/mol. The number of hydrogen-bond donors (Lipinski definition) is 2. The third-order valence-corrected chi connectivity index (χ3v) is 2.44.